The second kappa shape index (κ2) is 4.63. The molecule has 3 N–H and O–H groups in total. The number of aromatic amines is 1. The molecule has 0 saturated heterocycles. The Balaban J connectivity index is 1.56. The lowest BCUT2D eigenvalue weighted by molar-refractivity contribution is -0.116. The van der Waals surface area contributed by atoms with E-state index in [1.165, 1.54) is 5.56 Å². The number of nitrogens with one attached hydrogen (secondary N) is 3. The van der Waals surface area contributed by atoms with E-state index in [0.29, 0.717) is 6.42 Å². The maximum Gasteiger partial charge on any atom is 0.247 e. The molecule has 3 aromatic rings. The van der Waals surface area contributed by atoms with Gasteiger partial charge in [0.05, 0.1) is 17.4 Å². The third-order valence-electron chi connectivity index (χ3n) is 3.83. The Hall–Kier alpha value is -2.82. The van der Waals surface area contributed by atoms with Crippen molar-refractivity contribution in [1.29, 1.82) is 0 Å². The first-order valence-corrected chi connectivity index (χ1v) is 6.89. The van der Waals surface area contributed by atoms with Crippen LogP contribution in [0.3, 0.4) is 0 Å². The van der Waals surface area contributed by atoms with Gasteiger partial charge < -0.3 is 10.6 Å². The number of nitrogens with zero attached hydrogens (tertiary/aromatic N) is 1. The van der Waals surface area contributed by atoms with Crippen molar-refractivity contribution >= 4 is 28.2 Å². The van der Waals surface area contributed by atoms with E-state index in [9.17, 15) is 4.79 Å². The number of hydrogen-bond acceptors (Lipinski definition) is 3. The lowest BCUT2D eigenvalue weighted by Gasteiger charge is -2.12. The second-order valence-corrected chi connectivity index (χ2v) is 5.18. The van der Waals surface area contributed by atoms with Crippen molar-refractivity contribution in [2.24, 2.45) is 0 Å². The zero-order chi connectivity index (χ0) is 14.2. The summed E-state index contributed by atoms with van der Waals surface area (Å²) < 4.78 is 0. The molecule has 0 bridgehead atoms. The average Bonchev–Trinajstić information content (AvgIpc) is 3.14. The highest BCUT2D eigenvalue weighted by Crippen LogP contribution is 2.27. The third-order valence-corrected chi connectivity index (χ3v) is 3.83. The van der Waals surface area contributed by atoms with E-state index < -0.39 is 0 Å². The van der Waals surface area contributed by atoms with E-state index in [1.54, 1.807) is 6.20 Å². The number of rotatable bonds is 2. The topological polar surface area (TPSA) is 69.8 Å². The molecule has 1 aromatic heterocycles. The van der Waals surface area contributed by atoms with Gasteiger partial charge in [0.1, 0.15) is 6.04 Å². The summed E-state index contributed by atoms with van der Waals surface area (Å²) in [7, 11) is 0. The summed E-state index contributed by atoms with van der Waals surface area (Å²) in [4.78, 5) is 12.4. The molecule has 1 amide bonds. The number of carbonyl (C=O) groups is 1. The normalized spacial score (nSPS) is 16.5. The molecule has 5 nitrogen and oxygen atoms in total. The van der Waals surface area contributed by atoms with Crippen molar-refractivity contribution < 1.29 is 4.79 Å². The van der Waals surface area contributed by atoms with Crippen LogP contribution in [0, 0.1) is 0 Å². The Bertz CT molecular complexity index is 799. The van der Waals surface area contributed by atoms with Gasteiger partial charge in [-0.25, -0.2) is 0 Å². The number of amides is 1. The molecule has 1 aliphatic heterocycles. The Labute approximate surface area is 121 Å². The average molecular weight is 278 g/mol. The third kappa shape index (κ3) is 2.03. The Morgan fingerprint density at radius 2 is 2.10 bits per heavy atom. The van der Waals surface area contributed by atoms with E-state index in [4.69, 9.17) is 0 Å². The fourth-order valence-corrected chi connectivity index (χ4v) is 2.75. The molecule has 21 heavy (non-hydrogen) atoms. The zero-order valence-corrected chi connectivity index (χ0v) is 11.3. The van der Waals surface area contributed by atoms with Gasteiger partial charge in [-0.1, -0.05) is 24.3 Å². The standard InChI is InChI=1S/C16H14N4O/c21-16(15-8-10-4-1-2-5-12(10)18-15)19-13-6-3-7-14-11(13)9-17-20-14/h1-7,9,15,18H,8H2,(H,17,20)(H,19,21)/t15-/m0/s1. The summed E-state index contributed by atoms with van der Waals surface area (Å²) in [6.07, 6.45) is 2.44. The van der Waals surface area contributed by atoms with Crippen LogP contribution in [0.5, 0.6) is 0 Å². The Kier molecular flexibility index (Phi) is 2.64. The molecular formula is C16H14N4O. The first-order chi connectivity index (χ1) is 10.3. The predicted molar refractivity (Wildman–Crippen MR) is 82.3 cm³/mol. The smallest absolute Gasteiger partial charge is 0.247 e. The van der Waals surface area contributed by atoms with Gasteiger partial charge in [-0.2, -0.15) is 5.10 Å². The fraction of sp³-hybridized carbons (Fsp3) is 0.125. The lowest BCUT2D eigenvalue weighted by atomic mass is 10.1. The number of para-hydroxylation sites is 1. The summed E-state index contributed by atoms with van der Waals surface area (Å²) in [5, 5.41) is 14.1. The van der Waals surface area contributed by atoms with Gasteiger partial charge in [-0.3, -0.25) is 9.89 Å². The van der Waals surface area contributed by atoms with Crippen molar-refractivity contribution in [1.82, 2.24) is 10.2 Å². The molecule has 2 heterocycles. The van der Waals surface area contributed by atoms with Crippen molar-refractivity contribution in [3.05, 3.63) is 54.2 Å². The molecule has 0 fully saturated rings. The van der Waals surface area contributed by atoms with E-state index in [-0.39, 0.29) is 11.9 Å². The monoisotopic (exact) mass is 278 g/mol. The summed E-state index contributed by atoms with van der Waals surface area (Å²) >= 11 is 0. The fourth-order valence-electron chi connectivity index (χ4n) is 2.75. The van der Waals surface area contributed by atoms with Crippen molar-refractivity contribution in [3.63, 3.8) is 0 Å². The highest BCUT2D eigenvalue weighted by molar-refractivity contribution is 6.04. The highest BCUT2D eigenvalue weighted by atomic mass is 16.2. The number of hydrogen-bond donors (Lipinski definition) is 3. The van der Waals surface area contributed by atoms with Crippen LogP contribution in [-0.2, 0) is 11.2 Å². The molecule has 0 aliphatic carbocycles. The van der Waals surface area contributed by atoms with Gasteiger partial charge in [0.15, 0.2) is 0 Å². The second-order valence-electron chi connectivity index (χ2n) is 5.18. The molecule has 104 valence electrons. The lowest BCUT2D eigenvalue weighted by Crippen LogP contribution is -2.32. The van der Waals surface area contributed by atoms with Gasteiger partial charge in [0.25, 0.3) is 0 Å². The number of fused-ring (bicyclic) bond motifs is 2. The van der Waals surface area contributed by atoms with Gasteiger partial charge in [0, 0.05) is 17.5 Å². The van der Waals surface area contributed by atoms with Crippen LogP contribution in [0.4, 0.5) is 11.4 Å². The molecule has 5 heteroatoms. The van der Waals surface area contributed by atoms with Gasteiger partial charge in [-0.05, 0) is 23.8 Å². The highest BCUT2D eigenvalue weighted by Gasteiger charge is 2.26. The molecule has 1 atom stereocenters. The molecule has 4 rings (SSSR count). The minimum atomic E-state index is -0.232. The van der Waals surface area contributed by atoms with Gasteiger partial charge in [0.2, 0.25) is 5.91 Å². The minimum Gasteiger partial charge on any atom is -0.373 e. The molecule has 0 radical (unpaired) electrons. The number of anilines is 2. The summed E-state index contributed by atoms with van der Waals surface area (Å²) in [5.74, 6) is -0.0279. The molecular weight excluding hydrogens is 264 g/mol. The maximum atomic E-state index is 12.4. The van der Waals surface area contributed by atoms with Crippen LogP contribution in [0.1, 0.15) is 5.56 Å². The first-order valence-electron chi connectivity index (χ1n) is 6.89. The van der Waals surface area contributed by atoms with Crippen LogP contribution >= 0.6 is 0 Å². The maximum absolute atomic E-state index is 12.4. The van der Waals surface area contributed by atoms with Crippen LogP contribution in [0.2, 0.25) is 0 Å². The summed E-state index contributed by atoms with van der Waals surface area (Å²) in [6, 6.07) is 13.5. The van der Waals surface area contributed by atoms with E-state index in [1.807, 2.05) is 42.5 Å². The SMILES string of the molecule is O=C(Nc1cccc2[nH]ncc12)[C@@H]1Cc2ccccc2N1. The van der Waals surface area contributed by atoms with Crippen molar-refractivity contribution in [2.75, 3.05) is 10.6 Å². The van der Waals surface area contributed by atoms with E-state index in [2.05, 4.69) is 20.8 Å². The summed E-state index contributed by atoms with van der Waals surface area (Å²) in [6.45, 7) is 0. The van der Waals surface area contributed by atoms with Gasteiger partial charge in [-0.15, -0.1) is 0 Å². The molecule has 1 aliphatic rings. The summed E-state index contributed by atoms with van der Waals surface area (Å²) in [5.41, 5.74) is 3.91. The van der Waals surface area contributed by atoms with Crippen molar-refractivity contribution in [3.8, 4) is 0 Å². The van der Waals surface area contributed by atoms with Crippen molar-refractivity contribution in [2.45, 2.75) is 12.5 Å². The Morgan fingerprint density at radius 3 is 3.00 bits per heavy atom. The predicted octanol–water partition coefficient (Wildman–Crippen LogP) is 2.54. The molecule has 0 spiro atoms. The van der Waals surface area contributed by atoms with Crippen LogP contribution in [-0.4, -0.2) is 22.1 Å². The number of aromatic nitrogens is 2. The van der Waals surface area contributed by atoms with E-state index >= 15 is 0 Å². The van der Waals surface area contributed by atoms with Crippen LogP contribution in [0.25, 0.3) is 10.9 Å². The number of benzene rings is 2. The quantitative estimate of drug-likeness (QED) is 0.674. The van der Waals surface area contributed by atoms with E-state index in [0.717, 1.165) is 22.3 Å². The van der Waals surface area contributed by atoms with Crippen LogP contribution in [0.15, 0.2) is 48.7 Å². The number of carbonyl (C=O) groups excluding carboxylic acids is 1. The molecule has 2 aromatic carbocycles. The first kappa shape index (κ1) is 12.0. The largest absolute Gasteiger partial charge is 0.373 e. The van der Waals surface area contributed by atoms with Crippen LogP contribution < -0.4 is 10.6 Å². The minimum absolute atomic E-state index is 0.0279. The molecule has 0 unspecified atom stereocenters. The number of H-pyrrole nitrogens is 1. The zero-order valence-electron chi connectivity index (χ0n) is 11.3. The van der Waals surface area contributed by atoms with Gasteiger partial charge >= 0.3 is 0 Å². The Morgan fingerprint density at radius 1 is 1.19 bits per heavy atom. The molecule has 0 saturated carbocycles.